The summed E-state index contributed by atoms with van der Waals surface area (Å²) in [6.07, 6.45) is 7.25. The molecule has 1 aliphatic heterocycles. The number of H-pyrrole nitrogens is 1. The molecular weight excluding hydrogens is 498 g/mol. The fourth-order valence-electron chi connectivity index (χ4n) is 5.24. The Balaban J connectivity index is 1.63. The lowest BCUT2D eigenvalue weighted by atomic mass is 9.65. The van der Waals surface area contributed by atoms with Gasteiger partial charge in [0.05, 0.1) is 17.2 Å². The van der Waals surface area contributed by atoms with E-state index in [1.54, 1.807) is 30.7 Å². The van der Waals surface area contributed by atoms with Crippen LogP contribution in [0, 0.1) is 16.7 Å². The molecule has 3 heterocycles. The molecule has 10 heteroatoms. The van der Waals surface area contributed by atoms with E-state index >= 15 is 0 Å². The molecule has 0 spiro atoms. The Morgan fingerprint density at radius 2 is 2.11 bits per heavy atom. The number of carboxylic acids is 1. The number of nitrogens with one attached hydrogen (secondary N) is 1. The minimum Gasteiger partial charge on any atom is -0.481 e. The number of rotatable bonds is 9. The number of piperidine rings is 1. The number of likely N-dealkylation sites (tertiary alicyclic amines) is 1. The van der Waals surface area contributed by atoms with Crippen molar-refractivity contribution in [3.8, 4) is 27.4 Å². The summed E-state index contributed by atoms with van der Waals surface area (Å²) in [6, 6.07) is 5.01. The van der Waals surface area contributed by atoms with E-state index in [4.69, 9.17) is 4.74 Å². The van der Waals surface area contributed by atoms with Gasteiger partial charge in [-0.1, -0.05) is 40.2 Å². The molecule has 37 heavy (non-hydrogen) atoms. The quantitative estimate of drug-likeness (QED) is 0.325. The number of hydrogen-bond acceptors (Lipinski definition) is 6. The molecule has 0 amide bonds. The smallest absolute Gasteiger partial charge is 0.387 e. The van der Waals surface area contributed by atoms with Gasteiger partial charge in [-0.3, -0.25) is 14.8 Å². The van der Waals surface area contributed by atoms with Gasteiger partial charge in [0, 0.05) is 42.5 Å². The molecule has 1 fully saturated rings. The maximum absolute atomic E-state index is 13.1. The molecule has 0 saturated carbocycles. The van der Waals surface area contributed by atoms with Crippen molar-refractivity contribution in [3.05, 3.63) is 41.7 Å². The van der Waals surface area contributed by atoms with Crippen LogP contribution >= 0.6 is 11.3 Å². The van der Waals surface area contributed by atoms with Gasteiger partial charge in [0.1, 0.15) is 10.8 Å². The first-order valence-electron chi connectivity index (χ1n) is 12.5. The van der Waals surface area contributed by atoms with Gasteiger partial charge < -0.3 is 9.84 Å². The van der Waals surface area contributed by atoms with Crippen molar-refractivity contribution >= 4 is 17.3 Å². The number of aliphatic carboxylic acids is 1. The molecule has 0 unspecified atom stereocenters. The van der Waals surface area contributed by atoms with Gasteiger partial charge in [0.2, 0.25) is 0 Å². The van der Waals surface area contributed by atoms with E-state index < -0.39 is 18.0 Å². The summed E-state index contributed by atoms with van der Waals surface area (Å²) >= 11 is 1.41. The Bertz CT molecular complexity index is 1210. The summed E-state index contributed by atoms with van der Waals surface area (Å²) in [4.78, 5) is 20.2. The van der Waals surface area contributed by atoms with Crippen LogP contribution in [0.15, 0.2) is 36.8 Å². The minimum absolute atomic E-state index is 0.0268. The van der Waals surface area contributed by atoms with Crippen molar-refractivity contribution in [1.29, 1.82) is 0 Å². The molecule has 0 bridgehead atoms. The summed E-state index contributed by atoms with van der Waals surface area (Å²) in [5.74, 6) is -0.445. The zero-order valence-electron chi connectivity index (χ0n) is 21.6. The van der Waals surface area contributed by atoms with Gasteiger partial charge in [-0.05, 0) is 41.9 Å². The van der Waals surface area contributed by atoms with Crippen LogP contribution in [0.5, 0.6) is 5.75 Å². The Labute approximate surface area is 219 Å². The molecular formula is C27H34F2N4O3S. The third kappa shape index (κ3) is 6.18. The van der Waals surface area contributed by atoms with Gasteiger partial charge in [0.25, 0.3) is 0 Å². The summed E-state index contributed by atoms with van der Waals surface area (Å²) in [5, 5.41) is 17.5. The monoisotopic (exact) mass is 532 g/mol. The largest absolute Gasteiger partial charge is 0.481 e. The second-order valence-electron chi connectivity index (χ2n) is 11.0. The first-order chi connectivity index (χ1) is 17.5. The van der Waals surface area contributed by atoms with Crippen LogP contribution in [0.3, 0.4) is 0 Å². The SMILES string of the molecule is CCC[C@@]1(C(=O)O)C[C@@H](C(C)(C)C)CN(Cc2cnc(-c3cc(-c4cn[nH]c4)ccc3OC(F)F)s2)C1. The zero-order chi connectivity index (χ0) is 26.8. The van der Waals surface area contributed by atoms with Crippen LogP contribution in [-0.4, -0.2) is 50.9 Å². The number of aromatic nitrogens is 3. The summed E-state index contributed by atoms with van der Waals surface area (Å²) < 4.78 is 31.1. The van der Waals surface area contributed by atoms with Crippen molar-refractivity contribution in [2.24, 2.45) is 16.7 Å². The van der Waals surface area contributed by atoms with Crippen molar-refractivity contribution in [1.82, 2.24) is 20.1 Å². The highest BCUT2D eigenvalue weighted by molar-refractivity contribution is 7.15. The van der Waals surface area contributed by atoms with E-state index in [2.05, 4.69) is 40.9 Å². The minimum atomic E-state index is -2.96. The molecule has 2 aromatic heterocycles. The molecule has 7 nitrogen and oxygen atoms in total. The Hall–Kier alpha value is -2.85. The fourth-order valence-corrected chi connectivity index (χ4v) is 6.21. The molecule has 2 atom stereocenters. The highest BCUT2D eigenvalue weighted by Crippen LogP contribution is 2.45. The van der Waals surface area contributed by atoms with Crippen LogP contribution in [-0.2, 0) is 11.3 Å². The summed E-state index contributed by atoms with van der Waals surface area (Å²) in [6.45, 7) is 7.41. The number of thiazole rings is 1. The molecule has 0 radical (unpaired) electrons. The van der Waals surface area contributed by atoms with Crippen molar-refractivity contribution < 1.29 is 23.4 Å². The van der Waals surface area contributed by atoms with E-state index in [9.17, 15) is 18.7 Å². The molecule has 1 saturated heterocycles. The van der Waals surface area contributed by atoms with Gasteiger partial charge in [-0.15, -0.1) is 11.3 Å². The number of halogens is 2. The van der Waals surface area contributed by atoms with E-state index in [0.29, 0.717) is 36.5 Å². The van der Waals surface area contributed by atoms with Crippen molar-refractivity contribution in [2.45, 2.75) is 60.1 Å². The number of hydrogen-bond donors (Lipinski definition) is 2. The lowest BCUT2D eigenvalue weighted by molar-refractivity contribution is -0.156. The Kier molecular flexibility index (Phi) is 7.99. The highest BCUT2D eigenvalue weighted by atomic mass is 32.1. The van der Waals surface area contributed by atoms with Gasteiger partial charge in [0.15, 0.2) is 0 Å². The third-order valence-corrected chi connectivity index (χ3v) is 8.25. The van der Waals surface area contributed by atoms with Crippen LogP contribution in [0.2, 0.25) is 0 Å². The third-order valence-electron chi connectivity index (χ3n) is 7.24. The van der Waals surface area contributed by atoms with E-state index in [0.717, 1.165) is 29.0 Å². The molecule has 0 aliphatic carbocycles. The normalized spacial score (nSPS) is 20.9. The lowest BCUT2D eigenvalue weighted by Crippen LogP contribution is -2.53. The van der Waals surface area contributed by atoms with E-state index in [-0.39, 0.29) is 17.1 Å². The standard InChI is InChI=1S/C27H34F2N4O3S/c1-5-8-27(24(34)35)10-19(26(2,3)4)14-33(16-27)15-20-13-30-23(37-20)21-9-17(18-11-31-32-12-18)6-7-22(21)36-25(28)29/h6-7,9,11-13,19,25H,5,8,10,14-16H2,1-4H3,(H,31,32)(H,34,35)/t19-,27-/m1/s1. The maximum Gasteiger partial charge on any atom is 0.387 e. The highest BCUT2D eigenvalue weighted by Gasteiger charge is 2.47. The van der Waals surface area contributed by atoms with Crippen LogP contribution < -0.4 is 4.74 Å². The topological polar surface area (TPSA) is 91.3 Å². The molecule has 3 aromatic rings. The fraction of sp³-hybridized carbons (Fsp3) is 0.519. The zero-order valence-corrected chi connectivity index (χ0v) is 22.4. The Morgan fingerprint density at radius 3 is 2.73 bits per heavy atom. The van der Waals surface area contributed by atoms with Crippen molar-refractivity contribution in [2.75, 3.05) is 13.1 Å². The maximum atomic E-state index is 13.1. The second kappa shape index (κ2) is 10.9. The second-order valence-corrected chi connectivity index (χ2v) is 12.1. The van der Waals surface area contributed by atoms with Gasteiger partial charge in [-0.25, -0.2) is 4.98 Å². The van der Waals surface area contributed by atoms with Crippen LogP contribution in [0.1, 0.15) is 51.8 Å². The molecule has 4 rings (SSSR count). The lowest BCUT2D eigenvalue weighted by Gasteiger charge is -2.48. The number of ether oxygens (including phenoxy) is 1. The number of nitrogens with zero attached hydrogens (tertiary/aromatic N) is 3. The molecule has 2 N–H and O–H groups in total. The van der Waals surface area contributed by atoms with Gasteiger partial charge >= 0.3 is 12.6 Å². The number of benzene rings is 1. The van der Waals surface area contributed by atoms with Crippen LogP contribution in [0.25, 0.3) is 21.7 Å². The number of carbonyl (C=O) groups is 1. The summed E-state index contributed by atoms with van der Waals surface area (Å²) in [5.41, 5.74) is 1.30. The predicted octanol–water partition coefficient (Wildman–Crippen LogP) is 6.54. The van der Waals surface area contributed by atoms with E-state index in [1.807, 2.05) is 6.92 Å². The number of alkyl halides is 2. The summed E-state index contributed by atoms with van der Waals surface area (Å²) in [7, 11) is 0. The molecule has 1 aliphatic rings. The number of aromatic amines is 1. The first kappa shape index (κ1) is 27.2. The molecule has 200 valence electrons. The first-order valence-corrected chi connectivity index (χ1v) is 13.3. The predicted molar refractivity (Wildman–Crippen MR) is 140 cm³/mol. The Morgan fingerprint density at radius 1 is 1.32 bits per heavy atom. The molecule has 1 aromatic carbocycles. The van der Waals surface area contributed by atoms with Gasteiger partial charge in [-0.2, -0.15) is 13.9 Å². The van der Waals surface area contributed by atoms with Crippen molar-refractivity contribution in [3.63, 3.8) is 0 Å². The average molecular weight is 533 g/mol. The average Bonchev–Trinajstić information content (AvgIpc) is 3.51. The van der Waals surface area contributed by atoms with E-state index in [1.165, 1.54) is 17.4 Å². The van der Waals surface area contributed by atoms with Crippen LogP contribution in [0.4, 0.5) is 8.78 Å². The number of carboxylic acid groups (broad SMARTS) is 1.